The largest absolute Gasteiger partial charge is 0.440 e. The lowest BCUT2D eigenvalue weighted by atomic mass is 10.0. The van der Waals surface area contributed by atoms with Gasteiger partial charge in [0.2, 0.25) is 5.91 Å². The molecule has 10 heteroatoms. The van der Waals surface area contributed by atoms with Gasteiger partial charge in [-0.05, 0) is 71.6 Å². The lowest BCUT2D eigenvalue weighted by Gasteiger charge is -2.29. The third kappa shape index (κ3) is 5.13. The number of likely N-dealkylation sites (tertiary alicyclic amines) is 2. The molecule has 3 unspecified atom stereocenters. The van der Waals surface area contributed by atoms with E-state index in [-0.39, 0.29) is 41.0 Å². The van der Waals surface area contributed by atoms with Gasteiger partial charge >= 0.3 is 0 Å². The minimum atomic E-state index is -0.792. The lowest BCUT2D eigenvalue weighted by molar-refractivity contribution is -0.138. The van der Waals surface area contributed by atoms with Crippen molar-refractivity contribution in [3.05, 3.63) is 70.5 Å². The number of nitrogens with zero attached hydrogens (tertiary/aromatic N) is 2. The molecule has 2 fully saturated rings. The molecule has 2 aromatic heterocycles. The Morgan fingerprint density at radius 2 is 1.87 bits per heavy atom. The molecule has 2 aliphatic rings. The average molecular weight is 554 g/mol. The van der Waals surface area contributed by atoms with Crippen molar-refractivity contribution in [3.63, 3.8) is 0 Å². The van der Waals surface area contributed by atoms with E-state index < -0.39 is 24.0 Å². The fourth-order valence-electron chi connectivity index (χ4n) is 5.27. The number of Topliss-reactive ketones (excluding diaryl/α,β-unsaturated/α-hetero) is 1. The van der Waals surface area contributed by atoms with Crippen molar-refractivity contribution in [2.75, 3.05) is 13.1 Å². The number of thiophene rings is 1. The maximum Gasteiger partial charge on any atom is 0.290 e. The molecule has 1 N–H and O–H groups in total. The first-order valence-electron chi connectivity index (χ1n) is 12.6. The number of carbonyl (C=O) groups excluding carboxylic acids is 4. The number of hydrogen-bond acceptors (Lipinski definition) is 6. The van der Waals surface area contributed by atoms with Gasteiger partial charge < -0.3 is 19.5 Å². The van der Waals surface area contributed by atoms with Crippen LogP contribution in [0.25, 0.3) is 10.4 Å². The van der Waals surface area contributed by atoms with Crippen LogP contribution in [0.4, 0.5) is 0 Å². The molecule has 3 aromatic rings. The lowest BCUT2D eigenvalue weighted by Crippen LogP contribution is -2.53. The van der Waals surface area contributed by atoms with Gasteiger partial charge in [0.1, 0.15) is 12.1 Å². The van der Waals surface area contributed by atoms with Gasteiger partial charge in [-0.1, -0.05) is 32.0 Å². The Kier molecular flexibility index (Phi) is 7.40. The third-order valence-electron chi connectivity index (χ3n) is 7.01. The highest BCUT2D eigenvalue weighted by Crippen LogP contribution is 2.32. The molecule has 4 heterocycles. The number of carbonyl (C=O) groups is 4. The van der Waals surface area contributed by atoms with Crippen molar-refractivity contribution in [2.45, 2.75) is 44.8 Å². The van der Waals surface area contributed by atoms with Crippen molar-refractivity contribution in [1.82, 2.24) is 15.1 Å². The van der Waals surface area contributed by atoms with Crippen LogP contribution in [0, 0.1) is 5.92 Å². The van der Waals surface area contributed by atoms with E-state index in [1.165, 1.54) is 21.9 Å². The number of amides is 3. The van der Waals surface area contributed by atoms with Crippen molar-refractivity contribution in [1.29, 1.82) is 0 Å². The minimum absolute atomic E-state index is 0.0586. The molecular weight excluding hydrogens is 526 g/mol. The fourth-order valence-corrected chi connectivity index (χ4v) is 6.15. The molecule has 38 heavy (non-hydrogen) atoms. The van der Waals surface area contributed by atoms with E-state index in [1.54, 1.807) is 23.5 Å². The Morgan fingerprint density at radius 1 is 1.11 bits per heavy atom. The Morgan fingerprint density at radius 3 is 2.50 bits per heavy atom. The molecule has 0 radical (unpaired) electrons. The number of ketones is 1. The van der Waals surface area contributed by atoms with Crippen molar-refractivity contribution in [3.8, 4) is 10.4 Å². The first-order valence-corrected chi connectivity index (χ1v) is 13.8. The van der Waals surface area contributed by atoms with Gasteiger partial charge in [-0.15, -0.1) is 11.3 Å². The molecule has 198 valence electrons. The summed E-state index contributed by atoms with van der Waals surface area (Å²) in [6, 6.07) is 12.2. The molecule has 2 aliphatic heterocycles. The monoisotopic (exact) mass is 553 g/mol. The minimum Gasteiger partial charge on any atom is -0.440 e. The zero-order chi connectivity index (χ0) is 27.0. The maximum atomic E-state index is 13.7. The van der Waals surface area contributed by atoms with Crippen molar-refractivity contribution < 1.29 is 23.6 Å². The van der Waals surface area contributed by atoms with Gasteiger partial charge in [-0.3, -0.25) is 19.2 Å². The Hall–Kier alpha value is -3.43. The Bertz CT molecular complexity index is 1350. The molecule has 0 saturated carbocycles. The summed E-state index contributed by atoms with van der Waals surface area (Å²) >= 11 is 7.44. The van der Waals surface area contributed by atoms with Crippen LogP contribution in [0.5, 0.6) is 0 Å². The van der Waals surface area contributed by atoms with Gasteiger partial charge in [0.15, 0.2) is 16.8 Å². The van der Waals surface area contributed by atoms with Gasteiger partial charge in [-0.2, -0.15) is 0 Å². The first kappa shape index (κ1) is 26.2. The summed E-state index contributed by atoms with van der Waals surface area (Å²) in [5.41, 5.74) is 1.47. The van der Waals surface area contributed by atoms with Crippen LogP contribution in [0.3, 0.4) is 0 Å². The summed E-state index contributed by atoms with van der Waals surface area (Å²) < 4.78 is 5.25. The molecule has 1 aromatic carbocycles. The molecule has 3 atom stereocenters. The summed E-state index contributed by atoms with van der Waals surface area (Å²) in [5.74, 6) is -1.09. The van der Waals surface area contributed by atoms with E-state index in [0.717, 1.165) is 10.4 Å². The number of rotatable bonds is 7. The summed E-state index contributed by atoms with van der Waals surface area (Å²) in [6.45, 7) is 4.17. The van der Waals surface area contributed by atoms with E-state index in [9.17, 15) is 19.2 Å². The quantitative estimate of drug-likeness (QED) is 0.464. The molecule has 8 nitrogen and oxygen atoms in total. The number of halogens is 1. The highest BCUT2D eigenvalue weighted by Gasteiger charge is 2.52. The smallest absolute Gasteiger partial charge is 0.290 e. The molecule has 0 spiro atoms. The summed E-state index contributed by atoms with van der Waals surface area (Å²) in [7, 11) is 0. The second-order valence-corrected chi connectivity index (χ2v) is 11.4. The Balaban J connectivity index is 1.30. The van der Waals surface area contributed by atoms with E-state index in [1.807, 2.05) is 43.5 Å². The van der Waals surface area contributed by atoms with Crippen LogP contribution in [0.1, 0.15) is 47.6 Å². The molecule has 2 saturated heterocycles. The Labute approximate surface area is 229 Å². The maximum absolute atomic E-state index is 13.7. The first-order chi connectivity index (χ1) is 18.2. The van der Waals surface area contributed by atoms with Crippen molar-refractivity contribution >= 4 is 46.4 Å². The predicted molar refractivity (Wildman–Crippen MR) is 144 cm³/mol. The highest BCUT2D eigenvalue weighted by atomic mass is 35.5. The van der Waals surface area contributed by atoms with Gasteiger partial charge in [0.25, 0.3) is 11.8 Å². The van der Waals surface area contributed by atoms with Gasteiger partial charge in [0.05, 0.1) is 12.6 Å². The molecular formula is C28H28ClN3O5S. The zero-order valence-electron chi connectivity index (χ0n) is 21.1. The van der Waals surface area contributed by atoms with E-state index >= 15 is 0 Å². The normalized spacial score (nSPS) is 19.6. The van der Waals surface area contributed by atoms with Crippen LogP contribution in [0.2, 0.25) is 5.22 Å². The topological polar surface area (TPSA) is 99.9 Å². The second-order valence-electron chi connectivity index (χ2n) is 10.0. The summed E-state index contributed by atoms with van der Waals surface area (Å²) in [4.78, 5) is 56.9. The zero-order valence-corrected chi connectivity index (χ0v) is 22.6. The molecule has 5 rings (SSSR count). The van der Waals surface area contributed by atoms with Crippen LogP contribution in [0.15, 0.2) is 58.3 Å². The highest BCUT2D eigenvalue weighted by molar-refractivity contribution is 7.13. The summed E-state index contributed by atoms with van der Waals surface area (Å²) in [6.07, 6.45) is 0.891. The average Bonchev–Trinajstić information content (AvgIpc) is 3.69. The van der Waals surface area contributed by atoms with E-state index in [2.05, 4.69) is 5.32 Å². The van der Waals surface area contributed by atoms with Gasteiger partial charge in [-0.25, -0.2) is 0 Å². The fraction of sp³-hybridized carbons (Fsp3) is 0.357. The number of fused-ring (bicyclic) bond motifs is 1. The predicted octanol–water partition coefficient (Wildman–Crippen LogP) is 4.50. The number of benzene rings is 1. The van der Waals surface area contributed by atoms with Gasteiger partial charge in [0, 0.05) is 17.0 Å². The SMILES string of the molecule is CC(C)CC(NC(=O)c1ccc(-c2cccs2)cc1)C(=O)N1CCC2C1C(=O)CN2C(=O)c1ccc(Cl)o1. The van der Waals surface area contributed by atoms with Crippen LogP contribution < -0.4 is 5.32 Å². The number of hydrogen-bond donors (Lipinski definition) is 1. The van der Waals surface area contributed by atoms with Crippen LogP contribution in [-0.2, 0) is 9.59 Å². The van der Waals surface area contributed by atoms with E-state index in [0.29, 0.717) is 24.9 Å². The van der Waals surface area contributed by atoms with Crippen LogP contribution >= 0.6 is 22.9 Å². The molecule has 0 aliphatic carbocycles. The second kappa shape index (κ2) is 10.7. The molecule has 0 bridgehead atoms. The van der Waals surface area contributed by atoms with Crippen LogP contribution in [-0.4, -0.2) is 64.5 Å². The third-order valence-corrected chi connectivity index (χ3v) is 8.14. The standard InChI is InChI=1S/C28H28ClN3O5S/c1-16(2)14-19(30-26(34)18-7-5-17(6-8-18)23-4-3-13-38-23)27(35)31-12-11-20-25(31)21(33)15-32(20)28(36)22-9-10-24(29)37-22/h3-10,13,16,19-20,25H,11-12,14-15H2,1-2H3,(H,30,34). The van der Waals surface area contributed by atoms with Crippen molar-refractivity contribution in [2.24, 2.45) is 5.92 Å². The summed E-state index contributed by atoms with van der Waals surface area (Å²) in [5, 5.41) is 4.99. The van der Waals surface area contributed by atoms with E-state index in [4.69, 9.17) is 16.0 Å². The molecule has 3 amide bonds. The number of nitrogens with one attached hydrogen (secondary N) is 1. The number of furan rings is 1.